The number of ether oxygens (including phenoxy) is 2. The van der Waals surface area contributed by atoms with Crippen LogP contribution >= 0.6 is 12.4 Å². The van der Waals surface area contributed by atoms with E-state index in [4.69, 9.17) is 9.47 Å². The van der Waals surface area contributed by atoms with Gasteiger partial charge in [0.25, 0.3) is 0 Å². The predicted molar refractivity (Wildman–Crippen MR) is 396 cm³/mol. The molecule has 12 aliphatic carbocycles. The third-order valence-electron chi connectivity index (χ3n) is 32.3. The van der Waals surface area contributed by atoms with Crippen molar-refractivity contribution in [3.63, 3.8) is 0 Å². The molecule has 0 aromatic rings. The van der Waals surface area contributed by atoms with Crippen LogP contribution in [0.5, 0.6) is 0 Å². The van der Waals surface area contributed by atoms with Crippen molar-refractivity contribution < 1.29 is 94.6 Å². The number of aliphatic hydroxyl groups excluding tert-OH is 4. The van der Waals surface area contributed by atoms with Crippen molar-refractivity contribution in [2.24, 2.45) is 113 Å². The van der Waals surface area contributed by atoms with Crippen molar-refractivity contribution in [1.82, 2.24) is 15.1 Å². The number of aliphatic hydroxyl groups is 4. The molecule has 0 spiro atoms. The number of ketones is 6. The van der Waals surface area contributed by atoms with Gasteiger partial charge in [-0.3, -0.25) is 38.4 Å². The van der Waals surface area contributed by atoms with Gasteiger partial charge < -0.3 is 45.0 Å². The minimum absolute atomic E-state index is 0. The van der Waals surface area contributed by atoms with E-state index >= 15 is 26.3 Å². The third-order valence-corrected chi connectivity index (χ3v) is 32.3. The van der Waals surface area contributed by atoms with Gasteiger partial charge in [-0.05, 0) is 227 Å². The number of likely N-dealkylation sites (tertiary alicyclic amines) is 2. The Morgan fingerprint density at radius 1 is 0.495 bits per heavy atom. The summed E-state index contributed by atoms with van der Waals surface area (Å²) in [7, 11) is 0. The summed E-state index contributed by atoms with van der Waals surface area (Å²) in [6.45, 7) is 29.8. The Kier molecular flexibility index (Phi) is 21.1. The number of carbonyl (C=O) groups is 8. The summed E-state index contributed by atoms with van der Waals surface area (Å²) in [4.78, 5) is 105. The summed E-state index contributed by atoms with van der Waals surface area (Å²) in [5.74, 6) is -6.57. The molecule has 3 saturated heterocycles. The highest BCUT2D eigenvalue weighted by atomic mass is 35.5. The molecule has 0 bridgehead atoms. The summed E-state index contributed by atoms with van der Waals surface area (Å²) in [5, 5.41) is 48.0. The average molecular weight is 1550 g/mol. The van der Waals surface area contributed by atoms with E-state index in [0.29, 0.717) is 58.5 Å². The third kappa shape index (κ3) is 11.8. The topological polar surface area (TPSA) is 254 Å². The van der Waals surface area contributed by atoms with Crippen molar-refractivity contribution in [1.29, 1.82) is 0 Å². The maximum atomic E-state index is 17.5. The summed E-state index contributed by atoms with van der Waals surface area (Å²) in [6, 6.07) is 0. The molecule has 0 aromatic heterocycles. The molecule has 5 N–H and O–H groups in total. The zero-order valence-corrected chi connectivity index (χ0v) is 66.7. The first-order chi connectivity index (χ1) is 50.0. The van der Waals surface area contributed by atoms with Crippen LogP contribution in [-0.2, 0) is 47.8 Å². The molecule has 0 aromatic carbocycles. The fourth-order valence-electron chi connectivity index (χ4n) is 27.0. The molecule has 12 fully saturated rings. The quantitative estimate of drug-likeness (QED) is 0.0899. The highest BCUT2D eigenvalue weighted by molar-refractivity contribution is 6.03. The van der Waals surface area contributed by atoms with E-state index in [1.54, 1.807) is 20.8 Å². The smallest absolute Gasteiger partial charge is 0.303 e. The maximum absolute atomic E-state index is 17.5. The second-order valence-corrected chi connectivity index (χ2v) is 39.5. The number of Topliss-reactive ketones (excluding diaryl/α,β-unsaturated/α-hetero) is 3. The zero-order chi connectivity index (χ0) is 79.2. The van der Waals surface area contributed by atoms with Crippen molar-refractivity contribution in [3.8, 4) is 0 Å². The van der Waals surface area contributed by atoms with Crippen LogP contribution in [0.15, 0.2) is 71.4 Å². The van der Waals surface area contributed by atoms with Crippen LogP contribution in [0.3, 0.4) is 0 Å². The van der Waals surface area contributed by atoms with E-state index in [-0.39, 0.29) is 162 Å². The molecule has 24 heteroatoms. The lowest BCUT2D eigenvalue weighted by Crippen LogP contribution is -2.69. The van der Waals surface area contributed by atoms with E-state index in [2.05, 4.69) is 56.7 Å². The number of rotatable bonds is 12. The minimum atomic E-state index is -2.17. The van der Waals surface area contributed by atoms with E-state index in [1.165, 1.54) is 68.5 Å². The van der Waals surface area contributed by atoms with Crippen LogP contribution in [-0.4, -0.2) is 203 Å². The van der Waals surface area contributed by atoms with Gasteiger partial charge in [-0.1, -0.05) is 80.5 Å². The number of nitrogens with one attached hydrogen (secondary N) is 1. The van der Waals surface area contributed by atoms with Crippen LogP contribution < -0.4 is 5.32 Å². The number of hydrogen-bond acceptors (Lipinski definition) is 17. The normalized spacial score (nSPS) is 47.2. The van der Waals surface area contributed by atoms with Gasteiger partial charge in [0.15, 0.2) is 64.9 Å². The summed E-state index contributed by atoms with van der Waals surface area (Å²) < 4.78 is 109. The monoisotopic (exact) mass is 1550 g/mol. The number of carbonyl (C=O) groups excluding carboxylic acids is 8. The first-order valence-electron chi connectivity index (χ1n) is 39.6. The fraction of sp³-hybridized carbons (Fsp3) is 0.765. The van der Waals surface area contributed by atoms with Crippen LogP contribution in [0.2, 0.25) is 0 Å². The molecule has 3 heterocycles. The standard InChI is InChI=1S/C31H43F2NO5.C29H41F2NO4.C25H31F2NO5.ClH/c1-18(35)39-16-26(38)30-17-34(10-9-27(2,3)4)15-19(30)11-21-22-13-24(32)23-12-20(36)7-8-28(23,5)31(22,33)25(37)14-29(21,30)6;1-25(2,3)8-9-32-14-17-10-19-20-12-22(30)21-11-18(34)6-7-26(21,4)29(20,31)23(35)13-27(19,5)28(17,16-32)24(36)15-33;1-13(29)33-11-21(32)24-12-28-10-14(24)6-16-17-8-19(26)18-7-15(30)4-5-22(18,2)25(17,27)20(31)9-23(16,24)3;/h7-8,12,19,21-22,24-25,37H,9-11,13-17H2,1-6H3;6-7,11,17,19-20,22-23,33,35H,8-10,12-16H2,1-5H3;4-5,7,14,16-17,19-20,28,31H,6,8-12H2,1-3H3;1H/t19-,21-,22-,24-,25-,28-,29-,30+,31-;17-,19-,20-,22-,23-,26-,27-,28+,29-;14-,16-,17-,19-,20-,22-,23-,24+,25-;/m000./s1. The van der Waals surface area contributed by atoms with Crippen molar-refractivity contribution in [2.45, 2.75) is 221 Å². The highest BCUT2D eigenvalue weighted by Crippen LogP contribution is 2.78. The maximum Gasteiger partial charge on any atom is 0.303 e. The molecule has 604 valence electrons. The molecule has 0 amide bonds. The molecule has 0 radical (unpaired) electrons. The molecule has 9 saturated carbocycles. The lowest BCUT2D eigenvalue weighted by atomic mass is 9.43. The lowest BCUT2D eigenvalue weighted by molar-refractivity contribution is -0.212. The molecule has 3 aliphatic heterocycles. The summed E-state index contributed by atoms with van der Waals surface area (Å²) in [5.41, 5.74) is -15.3. The largest absolute Gasteiger partial charge is 0.458 e. The average Bonchev–Trinajstić information content (AvgIpc) is 1.57. The number of alkyl halides is 6. The molecule has 27 atom stereocenters. The van der Waals surface area contributed by atoms with Crippen LogP contribution in [0.25, 0.3) is 0 Å². The summed E-state index contributed by atoms with van der Waals surface area (Å²) in [6.07, 6.45) is 6.23. The number of hydrogen-bond donors (Lipinski definition) is 5. The van der Waals surface area contributed by atoms with Gasteiger partial charge in [-0.25, -0.2) is 26.3 Å². The number of esters is 2. The van der Waals surface area contributed by atoms with Gasteiger partial charge in [0.05, 0.1) is 34.6 Å². The minimum Gasteiger partial charge on any atom is -0.458 e. The first-order valence-corrected chi connectivity index (χ1v) is 39.6. The lowest BCUT2D eigenvalue weighted by Gasteiger charge is -2.63. The Morgan fingerprint density at radius 3 is 1.13 bits per heavy atom. The van der Waals surface area contributed by atoms with Gasteiger partial charge in [0.2, 0.25) is 0 Å². The molecular formula is C85H116ClF6N3O14. The molecule has 17 nitrogen and oxygen atoms in total. The second-order valence-electron chi connectivity index (χ2n) is 39.5. The molecular weight excluding hydrogens is 1440 g/mol. The zero-order valence-electron chi connectivity index (χ0n) is 65.9. The van der Waals surface area contributed by atoms with Gasteiger partial charge in [-0.2, -0.15) is 0 Å². The molecule has 15 rings (SSSR count). The Morgan fingerprint density at radius 2 is 0.807 bits per heavy atom. The van der Waals surface area contributed by atoms with Crippen LogP contribution in [0, 0.1) is 113 Å². The van der Waals surface area contributed by atoms with Crippen molar-refractivity contribution >= 4 is 59.0 Å². The fourth-order valence-corrected chi connectivity index (χ4v) is 27.0. The van der Waals surface area contributed by atoms with Crippen LogP contribution in [0.4, 0.5) is 26.3 Å². The molecule has 15 aliphatic rings. The van der Waals surface area contributed by atoms with Gasteiger partial charge >= 0.3 is 11.9 Å². The Labute approximate surface area is 643 Å². The van der Waals surface area contributed by atoms with E-state index in [9.17, 15) is 58.8 Å². The number of nitrogens with zero attached hydrogens (tertiary/aromatic N) is 2. The first kappa shape index (κ1) is 83.4. The summed E-state index contributed by atoms with van der Waals surface area (Å²) >= 11 is 0. The van der Waals surface area contributed by atoms with E-state index in [1.807, 2.05) is 20.8 Å². The van der Waals surface area contributed by atoms with Crippen LogP contribution in [0.1, 0.15) is 168 Å². The number of halogens is 7. The number of allylic oxidation sites excluding steroid dienone is 12. The predicted octanol–water partition coefficient (Wildman–Crippen LogP) is 10.9. The van der Waals surface area contributed by atoms with E-state index < -0.39 is 139 Å². The Hall–Kier alpha value is -5.01. The highest BCUT2D eigenvalue weighted by Gasteiger charge is 2.82. The van der Waals surface area contributed by atoms with Gasteiger partial charge in [0, 0.05) is 80.6 Å². The molecule has 0 unspecified atom stereocenters. The number of fused-ring (bicyclic) bond motifs is 21. The Bertz CT molecular complexity index is 3960. The molecule has 109 heavy (non-hydrogen) atoms. The van der Waals surface area contributed by atoms with Gasteiger partial charge in [0.1, 0.15) is 25.1 Å². The Balaban J connectivity index is 0.000000152. The second kappa shape index (κ2) is 27.6. The van der Waals surface area contributed by atoms with Gasteiger partial charge in [-0.15, -0.1) is 12.4 Å². The SMILES string of the molecule is CC(=O)OCC(=O)[C@@]12CN(CCC(C)(C)C)C[C@@H]1C[C@H]1[C@@H]3C[C@H](F)C4=CC(=O)C=C[C@]4(C)[C@@]3(F)[C@@H](O)C[C@@]12C.CC(=O)OCC(=O)[C@@]12CNC[C@@H]1C[C@H]1[C@@H]3C[C@H](F)C4=CC(=O)C=C[C@]4(C)[C@@]3(F)[C@@H](O)C[C@@]12C.CC(C)(C)CCN1C[C@@H]2C[C@H]3[C@@H]4C[C@H](F)C5=CC(=O)C=C[C@]5(C)[C@@]4(F)[C@@H](O)C[C@]3(C)[C@]2(C(=O)CO)C1.Cl. The van der Waals surface area contributed by atoms with E-state index in [0.717, 1.165) is 25.9 Å². The van der Waals surface area contributed by atoms with Crippen molar-refractivity contribution in [3.05, 3.63) is 71.4 Å². The van der Waals surface area contributed by atoms with Crippen molar-refractivity contribution in [2.75, 3.05) is 72.2 Å².